The summed E-state index contributed by atoms with van der Waals surface area (Å²) in [5.74, 6) is 1.22. The number of benzene rings is 6. The Morgan fingerprint density at radius 2 is 1.18 bits per heavy atom. The van der Waals surface area contributed by atoms with E-state index in [0.717, 1.165) is 22.3 Å². The van der Waals surface area contributed by atoms with Crippen LogP contribution in [0.5, 0.6) is 0 Å². The van der Waals surface area contributed by atoms with Gasteiger partial charge in [0, 0.05) is 48.6 Å². The van der Waals surface area contributed by atoms with Gasteiger partial charge in [0.25, 0.3) is 6.71 Å². The number of para-hydroxylation sites is 1. The number of hydrogen-bond donors (Lipinski definition) is 0. The van der Waals surface area contributed by atoms with Crippen molar-refractivity contribution in [3.05, 3.63) is 149 Å². The van der Waals surface area contributed by atoms with Crippen molar-refractivity contribution in [1.29, 1.82) is 0 Å². The van der Waals surface area contributed by atoms with Crippen molar-refractivity contribution in [2.45, 2.75) is 112 Å². The first kappa shape index (κ1) is 40.6. The maximum absolute atomic E-state index is 6.48. The summed E-state index contributed by atoms with van der Waals surface area (Å²) in [6.45, 7) is 30.3. The Hall–Kier alpha value is -5.52. The van der Waals surface area contributed by atoms with Gasteiger partial charge >= 0.3 is 0 Å². The van der Waals surface area contributed by atoms with E-state index in [1.807, 2.05) is 17.4 Å². The van der Waals surface area contributed by atoms with E-state index in [1.54, 1.807) is 0 Å². The Morgan fingerprint density at radius 1 is 0.581 bits per heavy atom. The van der Waals surface area contributed by atoms with E-state index in [-0.39, 0.29) is 23.0 Å². The maximum Gasteiger partial charge on any atom is 0.264 e. The van der Waals surface area contributed by atoms with E-state index < -0.39 is 0 Å². The summed E-state index contributed by atoms with van der Waals surface area (Å²) in [6, 6.07) is 44.2. The smallest absolute Gasteiger partial charge is 0.264 e. The summed E-state index contributed by atoms with van der Waals surface area (Å²) in [5.41, 5.74) is 20.2. The van der Waals surface area contributed by atoms with E-state index >= 15 is 0 Å². The number of rotatable bonds is 4. The molecule has 0 unspecified atom stereocenters. The fourth-order valence-corrected chi connectivity index (χ4v) is 11.3. The predicted octanol–water partition coefficient (Wildman–Crippen LogP) is 15.0. The molecule has 0 saturated carbocycles. The van der Waals surface area contributed by atoms with Gasteiger partial charge in [-0.25, -0.2) is 0 Å². The van der Waals surface area contributed by atoms with Crippen molar-refractivity contribution in [3.63, 3.8) is 0 Å². The molecule has 4 heterocycles. The molecule has 8 aromatic rings. The topological polar surface area (TPSA) is 19.6 Å². The van der Waals surface area contributed by atoms with Crippen molar-refractivity contribution < 1.29 is 4.42 Å². The molecule has 6 aromatic carbocycles. The van der Waals surface area contributed by atoms with Crippen molar-refractivity contribution in [3.8, 4) is 11.3 Å². The van der Waals surface area contributed by atoms with Gasteiger partial charge in [-0.2, -0.15) is 0 Å². The molecular formula is C57H59BN2OS. The molecule has 10 rings (SSSR count). The molecule has 0 radical (unpaired) electrons. The number of furan rings is 1. The summed E-state index contributed by atoms with van der Waals surface area (Å²) in [7, 11) is 0. The van der Waals surface area contributed by atoms with Crippen LogP contribution in [-0.2, 0) is 16.2 Å². The molecule has 0 saturated heterocycles. The molecule has 3 nitrogen and oxygen atoms in total. The lowest BCUT2D eigenvalue weighted by atomic mass is 9.36. The zero-order valence-electron chi connectivity index (χ0n) is 38.8. The molecule has 0 aliphatic carbocycles. The second kappa shape index (κ2) is 14.0. The molecule has 2 aliphatic rings. The molecule has 0 spiro atoms. The van der Waals surface area contributed by atoms with Gasteiger partial charge in [-0.05, 0) is 147 Å². The van der Waals surface area contributed by atoms with Crippen LogP contribution in [0.3, 0.4) is 0 Å². The van der Waals surface area contributed by atoms with Crippen molar-refractivity contribution >= 4 is 88.9 Å². The van der Waals surface area contributed by atoms with E-state index in [9.17, 15) is 0 Å². The summed E-state index contributed by atoms with van der Waals surface area (Å²) in [5, 5.41) is 2.45. The lowest BCUT2D eigenvalue weighted by molar-refractivity contribution is 0.590. The lowest BCUT2D eigenvalue weighted by Crippen LogP contribution is -2.60. The van der Waals surface area contributed by atoms with Gasteiger partial charge in [0.2, 0.25) is 0 Å². The van der Waals surface area contributed by atoms with Crippen LogP contribution in [0.1, 0.15) is 115 Å². The molecule has 2 aromatic heterocycles. The van der Waals surface area contributed by atoms with Crippen molar-refractivity contribution in [1.82, 2.24) is 0 Å². The normalized spacial score (nSPS) is 13.9. The second-order valence-corrected chi connectivity index (χ2v) is 22.5. The monoisotopic (exact) mass is 830 g/mol. The summed E-state index contributed by atoms with van der Waals surface area (Å²) >= 11 is 1.98. The molecular weight excluding hydrogens is 772 g/mol. The summed E-state index contributed by atoms with van der Waals surface area (Å²) < 4.78 is 9.21. The van der Waals surface area contributed by atoms with Crippen LogP contribution in [-0.4, -0.2) is 6.71 Å². The van der Waals surface area contributed by atoms with E-state index in [0.29, 0.717) is 5.92 Å². The van der Waals surface area contributed by atoms with E-state index in [4.69, 9.17) is 4.42 Å². The minimum atomic E-state index is -0.0139. The zero-order valence-corrected chi connectivity index (χ0v) is 39.7. The first-order valence-electron chi connectivity index (χ1n) is 22.5. The zero-order chi connectivity index (χ0) is 43.8. The number of aryl methyl sites for hydroxylation is 2. The number of anilines is 6. The van der Waals surface area contributed by atoms with Gasteiger partial charge in [0.05, 0.1) is 11.4 Å². The fourth-order valence-electron chi connectivity index (χ4n) is 9.97. The summed E-state index contributed by atoms with van der Waals surface area (Å²) in [4.78, 5) is 5.25. The molecule has 62 heavy (non-hydrogen) atoms. The second-order valence-electron chi connectivity index (χ2n) is 21.4. The average Bonchev–Trinajstić information content (AvgIpc) is 3.82. The third-order valence-electron chi connectivity index (χ3n) is 13.5. The summed E-state index contributed by atoms with van der Waals surface area (Å²) in [6.07, 6.45) is 0. The molecule has 0 atom stereocenters. The Balaban J connectivity index is 1.31. The number of hydrogen-bond acceptors (Lipinski definition) is 4. The van der Waals surface area contributed by atoms with E-state index in [1.165, 1.54) is 93.3 Å². The maximum atomic E-state index is 6.48. The largest absolute Gasteiger partial charge is 0.456 e. The molecule has 312 valence electrons. The predicted molar refractivity (Wildman–Crippen MR) is 271 cm³/mol. The number of nitrogens with zero attached hydrogens (tertiary/aromatic N) is 2. The highest BCUT2D eigenvalue weighted by atomic mass is 32.1. The van der Waals surface area contributed by atoms with Crippen LogP contribution in [0.15, 0.2) is 120 Å². The van der Waals surface area contributed by atoms with Crippen LogP contribution in [0, 0.1) is 13.8 Å². The van der Waals surface area contributed by atoms with Crippen LogP contribution >= 0.6 is 11.3 Å². The Morgan fingerprint density at radius 3 is 1.81 bits per heavy atom. The van der Waals surface area contributed by atoms with Crippen LogP contribution in [0.2, 0.25) is 0 Å². The lowest BCUT2D eigenvalue weighted by Gasteiger charge is -2.44. The molecule has 5 heteroatoms. The molecule has 2 aliphatic heterocycles. The van der Waals surface area contributed by atoms with Gasteiger partial charge in [-0.1, -0.05) is 125 Å². The van der Waals surface area contributed by atoms with Crippen LogP contribution < -0.4 is 25.5 Å². The highest BCUT2D eigenvalue weighted by molar-refractivity contribution is 7.33. The van der Waals surface area contributed by atoms with Crippen LogP contribution in [0.4, 0.5) is 34.1 Å². The number of fused-ring (bicyclic) bond motifs is 7. The van der Waals surface area contributed by atoms with Crippen molar-refractivity contribution in [2.75, 3.05) is 9.80 Å². The molecule has 0 amide bonds. The first-order valence-corrected chi connectivity index (χ1v) is 23.3. The number of thiophene rings is 1. The fraction of sp³-hybridized carbons (Fsp3) is 0.298. The Labute approximate surface area is 373 Å². The van der Waals surface area contributed by atoms with Gasteiger partial charge < -0.3 is 14.2 Å². The SMILES string of the molecule is Cc1cc(-c2cc3ccccc3o2)cc(C)c1N1c2cc(C(C)C)cc3c2B(c2cc(C(C)(C)C)ccc2N3c2ccc(C(C)(C)C)cc2)c2sc3ccc(C(C)(C)C)cc3c21. The van der Waals surface area contributed by atoms with Gasteiger partial charge in [0.15, 0.2) is 0 Å². The first-order chi connectivity index (χ1) is 29.3. The minimum absolute atomic E-state index is 0.000544. The third kappa shape index (κ3) is 6.45. The Bertz CT molecular complexity index is 3030. The molecule has 0 bridgehead atoms. The molecule has 0 N–H and O–H groups in total. The third-order valence-corrected chi connectivity index (χ3v) is 14.7. The quantitative estimate of drug-likeness (QED) is 0.165. The van der Waals surface area contributed by atoms with Crippen molar-refractivity contribution in [2.24, 2.45) is 0 Å². The van der Waals surface area contributed by atoms with E-state index in [2.05, 4.69) is 209 Å². The van der Waals surface area contributed by atoms with Gasteiger partial charge in [0.1, 0.15) is 11.3 Å². The Kier molecular flexibility index (Phi) is 9.15. The molecule has 0 fully saturated rings. The highest BCUT2D eigenvalue weighted by Gasteiger charge is 2.46. The highest BCUT2D eigenvalue weighted by Crippen LogP contribution is 2.51. The standard InChI is InChI=1S/C57H59BN2OS/c1-33(2)37-28-46-51-47(29-37)60(52-34(3)26-38(27-35(52)4)49-30-36-16-14-15-17-48(36)61-49)53-43-31-40(56(8,9)10)21-25-50(43)62-54(53)58(51)44-32-41(57(11,12)13)20-24-45(44)59(46)42-22-18-39(19-23-42)55(5,6)7/h14-33H,1-13H3. The van der Waals surface area contributed by atoms with Gasteiger partial charge in [-0.3, -0.25) is 0 Å². The minimum Gasteiger partial charge on any atom is -0.456 e. The van der Waals surface area contributed by atoms with Crippen LogP contribution in [0.25, 0.3) is 32.4 Å². The van der Waals surface area contributed by atoms with Gasteiger partial charge in [-0.15, -0.1) is 11.3 Å². The average molecular weight is 831 g/mol.